The third kappa shape index (κ3) is 3.14. The summed E-state index contributed by atoms with van der Waals surface area (Å²) in [4.78, 5) is 27.2. The number of rotatable bonds is 4. The molecule has 3 rings (SSSR count). The lowest BCUT2D eigenvalue weighted by Gasteiger charge is -2.20. The van der Waals surface area contributed by atoms with Crippen LogP contribution in [0.1, 0.15) is 37.7 Å². The smallest absolute Gasteiger partial charge is 0.446 e. The average Bonchev–Trinajstić information content (AvgIpc) is 3.07. The van der Waals surface area contributed by atoms with Crippen LogP contribution in [0.4, 0.5) is 0 Å². The molecule has 0 spiro atoms. The molecule has 1 aliphatic heterocycles. The van der Waals surface area contributed by atoms with Crippen LogP contribution in [-0.4, -0.2) is 27.4 Å². The van der Waals surface area contributed by atoms with Crippen molar-refractivity contribution in [1.82, 2.24) is 0 Å². The van der Waals surface area contributed by atoms with Crippen LogP contribution < -0.4 is 0 Å². The zero-order chi connectivity index (χ0) is 17.1. The van der Waals surface area contributed by atoms with E-state index in [-0.39, 0.29) is 11.7 Å². The second-order valence-electron chi connectivity index (χ2n) is 6.16. The molecule has 0 amide bonds. The summed E-state index contributed by atoms with van der Waals surface area (Å²) in [7, 11) is 0. The van der Waals surface area contributed by atoms with Crippen LogP contribution in [0.15, 0.2) is 35.6 Å². The molecule has 0 aromatic heterocycles. The van der Waals surface area contributed by atoms with Crippen molar-refractivity contribution < 1.29 is 24.2 Å². The van der Waals surface area contributed by atoms with Gasteiger partial charge in [0.15, 0.2) is 0 Å². The Morgan fingerprint density at radius 2 is 1.96 bits per heavy atom. The van der Waals surface area contributed by atoms with Gasteiger partial charge in [0.25, 0.3) is 5.78 Å². The maximum Gasteiger partial charge on any atom is 0.446 e. The fraction of sp³-hybridized carbons (Fsp3) is 0.389. The van der Waals surface area contributed by atoms with E-state index in [0.717, 1.165) is 31.2 Å². The Labute approximate surface area is 139 Å². The van der Waals surface area contributed by atoms with E-state index < -0.39 is 17.5 Å². The first-order valence-electron chi connectivity index (χ1n) is 8.10. The summed E-state index contributed by atoms with van der Waals surface area (Å²) < 4.78 is 5.30. The SMILES string of the molecule is [N-]=[N+]=C1C(=O)OC(CCc2cccc(O)c2)=C(C2CCCC2)C1=O. The second kappa shape index (κ2) is 6.81. The number of aromatic hydroxyl groups is 1. The van der Waals surface area contributed by atoms with Gasteiger partial charge in [0.1, 0.15) is 11.5 Å². The zero-order valence-corrected chi connectivity index (χ0v) is 13.2. The fourth-order valence-corrected chi connectivity index (χ4v) is 3.43. The van der Waals surface area contributed by atoms with Crippen molar-refractivity contribution in [1.29, 1.82) is 0 Å². The number of hydrogen-bond acceptors (Lipinski definition) is 4. The van der Waals surface area contributed by atoms with Crippen LogP contribution in [0.3, 0.4) is 0 Å². The van der Waals surface area contributed by atoms with Crippen LogP contribution >= 0.6 is 0 Å². The average molecular weight is 326 g/mol. The number of allylic oxidation sites excluding steroid dienone is 2. The molecule has 1 fully saturated rings. The lowest BCUT2D eigenvalue weighted by Crippen LogP contribution is -2.36. The molecular weight excluding hydrogens is 308 g/mol. The number of benzene rings is 1. The zero-order valence-electron chi connectivity index (χ0n) is 13.2. The van der Waals surface area contributed by atoms with Crippen molar-refractivity contribution in [3.8, 4) is 5.75 Å². The summed E-state index contributed by atoms with van der Waals surface area (Å²) in [5.41, 5.74) is 9.75. The fourth-order valence-electron chi connectivity index (χ4n) is 3.43. The number of carbonyl (C=O) groups is 2. The van der Waals surface area contributed by atoms with E-state index in [0.29, 0.717) is 24.2 Å². The molecule has 1 N–H and O–H groups in total. The predicted octanol–water partition coefficient (Wildman–Crippen LogP) is 2.57. The Morgan fingerprint density at radius 1 is 1.21 bits per heavy atom. The van der Waals surface area contributed by atoms with E-state index >= 15 is 0 Å². The Kier molecular flexibility index (Phi) is 4.58. The first-order valence-corrected chi connectivity index (χ1v) is 8.10. The monoisotopic (exact) mass is 326 g/mol. The van der Waals surface area contributed by atoms with Crippen molar-refractivity contribution in [3.05, 3.63) is 46.7 Å². The number of Topliss-reactive ketones (excluding diaryl/α,β-unsaturated/α-hetero) is 1. The molecule has 0 saturated heterocycles. The lowest BCUT2D eigenvalue weighted by atomic mass is 9.87. The van der Waals surface area contributed by atoms with E-state index in [2.05, 4.69) is 4.79 Å². The maximum atomic E-state index is 12.5. The number of nitrogens with zero attached hydrogens (tertiary/aromatic N) is 2. The number of ether oxygens (including phenoxy) is 1. The summed E-state index contributed by atoms with van der Waals surface area (Å²) in [6, 6.07) is 6.83. The topological polar surface area (TPSA) is 100 Å². The molecule has 1 aromatic rings. The lowest BCUT2D eigenvalue weighted by molar-refractivity contribution is -0.140. The third-order valence-electron chi connectivity index (χ3n) is 4.58. The number of aryl methyl sites for hydroxylation is 1. The highest BCUT2D eigenvalue weighted by molar-refractivity contribution is 6.66. The molecule has 6 heteroatoms. The molecule has 0 unspecified atom stereocenters. The predicted molar refractivity (Wildman–Crippen MR) is 85.1 cm³/mol. The third-order valence-corrected chi connectivity index (χ3v) is 4.58. The molecular formula is C18H18N2O4. The molecule has 0 bridgehead atoms. The minimum absolute atomic E-state index is 0.0431. The normalized spacial score (nSPS) is 18.8. The van der Waals surface area contributed by atoms with E-state index in [1.54, 1.807) is 18.2 Å². The summed E-state index contributed by atoms with van der Waals surface area (Å²) in [6.45, 7) is 0. The molecule has 24 heavy (non-hydrogen) atoms. The van der Waals surface area contributed by atoms with Crippen LogP contribution in [0, 0.1) is 5.92 Å². The van der Waals surface area contributed by atoms with Crippen LogP contribution in [0.25, 0.3) is 5.53 Å². The largest absolute Gasteiger partial charge is 0.508 e. The first kappa shape index (κ1) is 16.1. The molecule has 6 nitrogen and oxygen atoms in total. The van der Waals surface area contributed by atoms with Gasteiger partial charge in [-0.2, -0.15) is 4.79 Å². The quantitative estimate of drug-likeness (QED) is 0.522. The summed E-state index contributed by atoms with van der Waals surface area (Å²) >= 11 is 0. The molecule has 1 heterocycles. The Balaban J connectivity index is 1.90. The van der Waals surface area contributed by atoms with Crippen molar-refractivity contribution >= 4 is 17.5 Å². The van der Waals surface area contributed by atoms with Gasteiger partial charge in [-0.05, 0) is 42.9 Å². The standard InChI is InChI=1S/C18H18N2O4/c19-20-16-17(22)15(12-5-1-2-6-12)14(24-18(16)23)9-8-11-4-3-7-13(21)10-11/h3-4,7,10,12,21H,1-2,5-6,8-9H2. The van der Waals surface area contributed by atoms with E-state index in [9.17, 15) is 14.7 Å². The summed E-state index contributed by atoms with van der Waals surface area (Å²) in [5.74, 6) is -0.847. The number of hydrogen-bond donors (Lipinski definition) is 1. The highest BCUT2D eigenvalue weighted by Crippen LogP contribution is 2.36. The van der Waals surface area contributed by atoms with Crippen LogP contribution in [-0.2, 0) is 20.7 Å². The van der Waals surface area contributed by atoms with Crippen molar-refractivity contribution in [3.63, 3.8) is 0 Å². The highest BCUT2D eigenvalue weighted by atomic mass is 16.5. The molecule has 124 valence electrons. The molecule has 1 aliphatic carbocycles. The number of esters is 1. The van der Waals surface area contributed by atoms with E-state index in [4.69, 9.17) is 10.3 Å². The van der Waals surface area contributed by atoms with E-state index in [1.165, 1.54) is 0 Å². The van der Waals surface area contributed by atoms with Gasteiger partial charge in [-0.3, -0.25) is 4.79 Å². The van der Waals surface area contributed by atoms with Crippen molar-refractivity contribution in [2.45, 2.75) is 38.5 Å². The van der Waals surface area contributed by atoms with Gasteiger partial charge in [0.2, 0.25) is 0 Å². The van der Waals surface area contributed by atoms with Gasteiger partial charge in [0.05, 0.1) is 0 Å². The van der Waals surface area contributed by atoms with Gasteiger partial charge < -0.3 is 15.4 Å². The van der Waals surface area contributed by atoms with Crippen LogP contribution in [0.5, 0.6) is 5.75 Å². The number of ketones is 1. The minimum Gasteiger partial charge on any atom is -0.508 e. The van der Waals surface area contributed by atoms with Crippen LogP contribution in [0.2, 0.25) is 0 Å². The van der Waals surface area contributed by atoms with Crippen molar-refractivity contribution in [2.24, 2.45) is 5.92 Å². The molecule has 0 radical (unpaired) electrons. The molecule has 1 aromatic carbocycles. The number of carbonyl (C=O) groups excluding carboxylic acids is 2. The number of cyclic esters (lactones) is 1. The number of phenolic OH excluding ortho intramolecular Hbond substituents is 1. The maximum absolute atomic E-state index is 12.5. The number of phenols is 1. The van der Waals surface area contributed by atoms with E-state index in [1.807, 2.05) is 6.07 Å². The van der Waals surface area contributed by atoms with Gasteiger partial charge in [-0.15, -0.1) is 0 Å². The molecule has 0 atom stereocenters. The Hall–Kier alpha value is -2.72. The second-order valence-corrected chi connectivity index (χ2v) is 6.16. The summed E-state index contributed by atoms with van der Waals surface area (Å²) in [6.07, 6.45) is 4.71. The Morgan fingerprint density at radius 3 is 2.62 bits per heavy atom. The van der Waals surface area contributed by atoms with Gasteiger partial charge in [-0.1, -0.05) is 25.0 Å². The summed E-state index contributed by atoms with van der Waals surface area (Å²) in [5, 5.41) is 9.53. The molecule has 1 saturated carbocycles. The van der Waals surface area contributed by atoms with Gasteiger partial charge in [-0.25, -0.2) is 4.79 Å². The highest BCUT2D eigenvalue weighted by Gasteiger charge is 2.44. The van der Waals surface area contributed by atoms with Gasteiger partial charge >= 0.3 is 11.7 Å². The molecule has 2 aliphatic rings. The first-order chi connectivity index (χ1) is 11.6. The minimum atomic E-state index is -0.907. The van der Waals surface area contributed by atoms with Crippen molar-refractivity contribution in [2.75, 3.05) is 0 Å². The van der Waals surface area contributed by atoms with Gasteiger partial charge in [0, 0.05) is 12.0 Å². The Bertz CT molecular complexity index is 769.